The Morgan fingerprint density at radius 2 is 2.14 bits per heavy atom. The Kier molecular flexibility index (Phi) is 2.01. The van der Waals surface area contributed by atoms with E-state index >= 15 is 0 Å². The lowest BCUT2D eigenvalue weighted by molar-refractivity contribution is -0.667. The second-order valence-electron chi connectivity index (χ2n) is 2.67. The molecule has 0 amide bonds. The van der Waals surface area contributed by atoms with Gasteiger partial charge in [-0.15, -0.1) is 0 Å². The average molecular weight is 213 g/mol. The van der Waals surface area contributed by atoms with Crippen LogP contribution in [0.2, 0.25) is 5.15 Å². The van der Waals surface area contributed by atoms with E-state index in [4.69, 9.17) is 17.3 Å². The maximum atomic E-state index is 10.9. The van der Waals surface area contributed by atoms with Crippen molar-refractivity contribution in [2.24, 2.45) is 0 Å². The zero-order valence-corrected chi connectivity index (χ0v) is 7.78. The molecular weight excluding hydrogens is 206 g/mol. The van der Waals surface area contributed by atoms with Gasteiger partial charge in [-0.05, 0) is 16.0 Å². The van der Waals surface area contributed by atoms with Crippen LogP contribution in [0.3, 0.4) is 0 Å². The monoisotopic (exact) mass is 212 g/mol. The fraction of sp³-hybridized carbons (Fsp3) is 0. The highest BCUT2D eigenvalue weighted by Crippen LogP contribution is 2.10. The van der Waals surface area contributed by atoms with Gasteiger partial charge in [-0.2, -0.15) is 0 Å². The van der Waals surface area contributed by atoms with Crippen LogP contribution in [0.5, 0.6) is 0 Å². The lowest BCUT2D eigenvalue weighted by Gasteiger charge is -1.93. The zero-order chi connectivity index (χ0) is 10.1. The molecule has 1 aromatic carbocycles. The van der Waals surface area contributed by atoms with Crippen LogP contribution < -0.4 is 16.0 Å². The molecule has 3 N–H and O–H groups in total. The van der Waals surface area contributed by atoms with Crippen molar-refractivity contribution in [1.82, 2.24) is 5.27 Å². The number of nitrogen functional groups attached to an aromatic ring is 1. The van der Waals surface area contributed by atoms with Crippen LogP contribution >= 0.6 is 11.6 Å². The van der Waals surface area contributed by atoms with Gasteiger partial charge in [-0.3, -0.25) is 4.52 Å². The molecule has 72 valence electrons. The Morgan fingerprint density at radius 3 is 2.71 bits per heavy atom. The van der Waals surface area contributed by atoms with E-state index in [1.54, 1.807) is 24.3 Å². The minimum Gasteiger partial charge on any atom is -0.393 e. The third kappa shape index (κ3) is 1.27. The summed E-state index contributed by atoms with van der Waals surface area (Å²) >= 11 is 5.69. The van der Waals surface area contributed by atoms with E-state index in [0.29, 0.717) is 11.4 Å². The molecule has 0 fully saturated rings. The molecule has 0 spiro atoms. The van der Waals surface area contributed by atoms with Gasteiger partial charge in [0.1, 0.15) is 5.69 Å². The fourth-order valence-electron chi connectivity index (χ4n) is 1.11. The highest BCUT2D eigenvalue weighted by atomic mass is 35.5. The minimum atomic E-state index is -0.630. The molecule has 0 saturated carbocycles. The molecule has 0 aliphatic heterocycles. The second kappa shape index (κ2) is 3.19. The molecule has 0 radical (unpaired) electrons. The average Bonchev–Trinajstić information content (AvgIpc) is 2.49. The predicted octanol–water partition coefficient (Wildman–Crippen LogP) is 0.480. The largest absolute Gasteiger partial charge is 0.447 e. The van der Waals surface area contributed by atoms with E-state index in [1.165, 1.54) is 4.68 Å². The molecule has 0 saturated heterocycles. The number of nitrogens with two attached hydrogens (primary N) is 1. The first-order valence-corrected chi connectivity index (χ1v) is 4.22. The lowest BCUT2D eigenvalue weighted by Crippen LogP contribution is -2.35. The molecule has 2 rings (SSSR count). The summed E-state index contributed by atoms with van der Waals surface area (Å²) in [4.78, 5) is 10.9. The molecule has 1 heterocycles. The number of anilines is 1. The Bertz CT molecular complexity index is 517. The van der Waals surface area contributed by atoms with Crippen LogP contribution in [0.15, 0.2) is 33.6 Å². The highest BCUT2D eigenvalue weighted by Gasteiger charge is 2.22. The quantitative estimate of drug-likeness (QED) is 0.533. The van der Waals surface area contributed by atoms with E-state index in [2.05, 4.69) is 9.79 Å². The summed E-state index contributed by atoms with van der Waals surface area (Å²) < 4.78 is 5.78. The maximum absolute atomic E-state index is 10.9. The molecule has 2 aromatic rings. The molecule has 5 nitrogen and oxygen atoms in total. The highest BCUT2D eigenvalue weighted by molar-refractivity contribution is 6.28. The van der Waals surface area contributed by atoms with Gasteiger partial charge >= 0.3 is 10.8 Å². The number of halogens is 1. The molecule has 0 bridgehead atoms. The van der Waals surface area contributed by atoms with Crippen LogP contribution in [-0.2, 0) is 0 Å². The smallest absolute Gasteiger partial charge is 0.393 e. The van der Waals surface area contributed by atoms with Crippen molar-refractivity contribution in [3.05, 3.63) is 39.8 Å². The van der Waals surface area contributed by atoms with E-state index in [0.717, 1.165) is 0 Å². The fourth-order valence-corrected chi connectivity index (χ4v) is 1.27. The lowest BCUT2D eigenvalue weighted by atomic mass is 10.3. The van der Waals surface area contributed by atoms with Crippen LogP contribution in [0.4, 0.5) is 5.69 Å². The molecular formula is C8H7ClN3O2+. The minimum absolute atomic E-state index is 0.0668. The molecule has 6 heteroatoms. The summed E-state index contributed by atoms with van der Waals surface area (Å²) in [5.41, 5.74) is 6.13. The number of nitrogens with one attached hydrogen (secondary N) is 1. The SMILES string of the molecule is Nc1ccccc1-[n+]1[nH]oc(=O)c1Cl. The molecule has 0 unspecified atom stereocenters. The molecule has 14 heavy (non-hydrogen) atoms. The molecule has 0 aliphatic rings. The van der Waals surface area contributed by atoms with Gasteiger partial charge in [0.15, 0.2) is 0 Å². The van der Waals surface area contributed by atoms with Gasteiger partial charge < -0.3 is 5.73 Å². The third-order valence-electron chi connectivity index (χ3n) is 1.77. The first kappa shape index (κ1) is 8.83. The summed E-state index contributed by atoms with van der Waals surface area (Å²) in [6.07, 6.45) is 0. The topological polar surface area (TPSA) is 75.9 Å². The van der Waals surface area contributed by atoms with Crippen LogP contribution in [0, 0.1) is 0 Å². The van der Waals surface area contributed by atoms with Gasteiger partial charge in [-0.25, -0.2) is 4.79 Å². The standard InChI is InChI=1S/C8H6ClN3O2/c9-7-8(13)14-11-12(7)6-4-2-1-3-5(6)10/h1-4H,(H2-,10,11,13)/p+1. The summed E-state index contributed by atoms with van der Waals surface area (Å²) in [5, 5.41) is 2.28. The number of hydrogen-bond donors (Lipinski definition) is 2. The van der Waals surface area contributed by atoms with Crippen molar-refractivity contribution in [3.8, 4) is 5.69 Å². The van der Waals surface area contributed by atoms with Crippen LogP contribution in [-0.4, -0.2) is 5.27 Å². The van der Waals surface area contributed by atoms with Crippen molar-refractivity contribution >= 4 is 17.3 Å². The molecule has 1 aromatic heterocycles. The Morgan fingerprint density at radius 1 is 1.43 bits per heavy atom. The number of para-hydroxylation sites is 2. The van der Waals surface area contributed by atoms with Crippen molar-refractivity contribution in [3.63, 3.8) is 0 Å². The van der Waals surface area contributed by atoms with Crippen LogP contribution in [0.1, 0.15) is 0 Å². The predicted molar refractivity (Wildman–Crippen MR) is 50.3 cm³/mol. The number of H-pyrrole nitrogens is 1. The first-order valence-electron chi connectivity index (χ1n) is 3.84. The number of aromatic nitrogens is 2. The third-order valence-corrected chi connectivity index (χ3v) is 2.10. The zero-order valence-electron chi connectivity index (χ0n) is 7.03. The second-order valence-corrected chi connectivity index (χ2v) is 3.02. The van der Waals surface area contributed by atoms with E-state index in [-0.39, 0.29) is 5.15 Å². The van der Waals surface area contributed by atoms with Crippen molar-refractivity contribution < 1.29 is 9.20 Å². The number of rotatable bonds is 1. The van der Waals surface area contributed by atoms with Crippen LogP contribution in [0.25, 0.3) is 5.69 Å². The number of benzene rings is 1. The van der Waals surface area contributed by atoms with Crippen molar-refractivity contribution in [2.45, 2.75) is 0 Å². The maximum Gasteiger partial charge on any atom is 0.447 e. The molecule has 0 aliphatic carbocycles. The van der Waals surface area contributed by atoms with Gasteiger partial charge in [0, 0.05) is 17.7 Å². The van der Waals surface area contributed by atoms with E-state index in [1.807, 2.05) is 0 Å². The van der Waals surface area contributed by atoms with Crippen molar-refractivity contribution in [1.29, 1.82) is 0 Å². The number of hydrogen-bond acceptors (Lipinski definition) is 3. The van der Waals surface area contributed by atoms with Crippen molar-refractivity contribution in [2.75, 3.05) is 5.73 Å². The normalized spacial score (nSPS) is 10.4. The summed E-state index contributed by atoms with van der Waals surface area (Å²) in [5.74, 6) is 0. The number of nitrogens with zero attached hydrogens (tertiary/aromatic N) is 1. The summed E-state index contributed by atoms with van der Waals surface area (Å²) in [7, 11) is 0. The van der Waals surface area contributed by atoms with Gasteiger partial charge in [-0.1, -0.05) is 12.1 Å². The van der Waals surface area contributed by atoms with E-state index < -0.39 is 5.63 Å². The van der Waals surface area contributed by atoms with Gasteiger partial charge in [0.2, 0.25) is 0 Å². The Labute approximate surface area is 83.7 Å². The van der Waals surface area contributed by atoms with Gasteiger partial charge in [0.05, 0.1) is 0 Å². The number of aromatic amines is 1. The molecule has 0 atom stereocenters. The first-order chi connectivity index (χ1) is 6.70. The summed E-state index contributed by atoms with van der Waals surface area (Å²) in [6.45, 7) is 0. The van der Waals surface area contributed by atoms with Gasteiger partial charge in [0.25, 0.3) is 5.69 Å². The summed E-state index contributed by atoms with van der Waals surface area (Å²) in [6, 6.07) is 6.97. The Balaban J connectivity index is 2.66. The van der Waals surface area contributed by atoms with E-state index in [9.17, 15) is 4.79 Å². The Hall–Kier alpha value is -1.75.